The second-order valence-electron chi connectivity index (χ2n) is 6.21. The maximum absolute atomic E-state index is 11.5. The van der Waals surface area contributed by atoms with Crippen LogP contribution in [0.25, 0.3) is 10.9 Å². The Labute approximate surface area is 139 Å². The number of ether oxygens (including phenoxy) is 1. The van der Waals surface area contributed by atoms with E-state index in [0.717, 1.165) is 48.3 Å². The van der Waals surface area contributed by atoms with Gasteiger partial charge in [-0.2, -0.15) is 0 Å². The van der Waals surface area contributed by atoms with Crippen molar-refractivity contribution < 1.29 is 4.74 Å². The SMILES string of the molecule is COc1ccc2[nH]c(CN3CCC[C@@H]3c3ccnc(=O)[nH]3)cc2c1. The molecule has 2 aromatic heterocycles. The number of fused-ring (bicyclic) bond motifs is 1. The Balaban J connectivity index is 1.58. The van der Waals surface area contributed by atoms with Crippen molar-refractivity contribution in [3.8, 4) is 5.75 Å². The fourth-order valence-corrected chi connectivity index (χ4v) is 3.55. The maximum atomic E-state index is 11.5. The molecule has 1 aliphatic rings. The van der Waals surface area contributed by atoms with Crippen LogP contribution in [0.5, 0.6) is 5.75 Å². The summed E-state index contributed by atoms with van der Waals surface area (Å²) in [4.78, 5) is 23.9. The highest BCUT2D eigenvalue weighted by Crippen LogP contribution is 2.32. The van der Waals surface area contributed by atoms with E-state index in [-0.39, 0.29) is 11.7 Å². The van der Waals surface area contributed by atoms with Gasteiger partial charge < -0.3 is 14.7 Å². The molecule has 6 nitrogen and oxygen atoms in total. The first kappa shape index (κ1) is 15.0. The minimum atomic E-state index is -0.281. The lowest BCUT2D eigenvalue weighted by Crippen LogP contribution is -2.25. The van der Waals surface area contributed by atoms with E-state index in [0.29, 0.717) is 0 Å². The lowest BCUT2D eigenvalue weighted by atomic mass is 10.1. The third-order valence-corrected chi connectivity index (χ3v) is 4.68. The number of hydrogen-bond donors (Lipinski definition) is 2. The largest absolute Gasteiger partial charge is 0.497 e. The highest BCUT2D eigenvalue weighted by Gasteiger charge is 2.27. The lowest BCUT2D eigenvalue weighted by molar-refractivity contribution is 0.241. The summed E-state index contributed by atoms with van der Waals surface area (Å²) in [6.45, 7) is 1.85. The van der Waals surface area contributed by atoms with Crippen LogP contribution < -0.4 is 10.4 Å². The quantitative estimate of drug-likeness (QED) is 0.773. The molecule has 24 heavy (non-hydrogen) atoms. The number of aromatic nitrogens is 3. The Morgan fingerprint density at radius 1 is 1.29 bits per heavy atom. The Morgan fingerprint density at radius 2 is 2.21 bits per heavy atom. The molecule has 6 heteroatoms. The number of aromatic amines is 2. The number of H-pyrrole nitrogens is 2. The van der Waals surface area contributed by atoms with E-state index in [9.17, 15) is 4.79 Å². The van der Waals surface area contributed by atoms with Crippen LogP contribution in [0, 0.1) is 0 Å². The number of nitrogens with one attached hydrogen (secondary N) is 2. The molecule has 0 amide bonds. The van der Waals surface area contributed by atoms with Crippen molar-refractivity contribution in [3.05, 3.63) is 58.4 Å². The van der Waals surface area contributed by atoms with Gasteiger partial charge in [-0.25, -0.2) is 9.78 Å². The van der Waals surface area contributed by atoms with E-state index in [1.807, 2.05) is 24.3 Å². The molecular weight excluding hydrogens is 304 g/mol. The van der Waals surface area contributed by atoms with Crippen molar-refractivity contribution >= 4 is 10.9 Å². The van der Waals surface area contributed by atoms with Crippen molar-refractivity contribution in [1.82, 2.24) is 19.9 Å². The highest BCUT2D eigenvalue weighted by molar-refractivity contribution is 5.81. The Hall–Kier alpha value is -2.60. The van der Waals surface area contributed by atoms with Gasteiger partial charge in [-0.1, -0.05) is 0 Å². The first-order valence-electron chi connectivity index (χ1n) is 8.18. The van der Waals surface area contributed by atoms with Crippen LogP contribution in [-0.2, 0) is 6.54 Å². The molecule has 1 saturated heterocycles. The van der Waals surface area contributed by atoms with E-state index in [4.69, 9.17) is 4.74 Å². The molecule has 1 atom stereocenters. The van der Waals surface area contributed by atoms with E-state index >= 15 is 0 Å². The predicted molar refractivity (Wildman–Crippen MR) is 92.1 cm³/mol. The fourth-order valence-electron chi connectivity index (χ4n) is 3.55. The molecule has 124 valence electrons. The smallest absolute Gasteiger partial charge is 0.345 e. The summed E-state index contributed by atoms with van der Waals surface area (Å²) in [5.74, 6) is 0.862. The van der Waals surface area contributed by atoms with Crippen LogP contribution in [0.3, 0.4) is 0 Å². The van der Waals surface area contributed by atoms with E-state index in [1.165, 1.54) is 5.69 Å². The Morgan fingerprint density at radius 3 is 3.04 bits per heavy atom. The number of benzene rings is 1. The standard InChI is InChI=1S/C18H20N4O2/c1-24-14-4-5-15-12(10-14)9-13(20-15)11-22-8-2-3-17(22)16-6-7-19-18(23)21-16/h4-7,9-10,17,20H,2-3,8,11H2,1H3,(H,19,21,23)/t17-/m1/s1. The Bertz CT molecular complexity index is 915. The molecule has 0 saturated carbocycles. The van der Waals surface area contributed by atoms with Crippen LogP contribution >= 0.6 is 0 Å². The highest BCUT2D eigenvalue weighted by atomic mass is 16.5. The molecule has 0 unspecified atom stereocenters. The number of likely N-dealkylation sites (tertiary alicyclic amines) is 1. The van der Waals surface area contributed by atoms with Crippen LogP contribution in [0.15, 0.2) is 41.3 Å². The molecule has 3 heterocycles. The van der Waals surface area contributed by atoms with Crippen LogP contribution in [0.2, 0.25) is 0 Å². The zero-order valence-corrected chi connectivity index (χ0v) is 13.6. The minimum Gasteiger partial charge on any atom is -0.497 e. The van der Waals surface area contributed by atoms with Gasteiger partial charge in [0, 0.05) is 35.0 Å². The van der Waals surface area contributed by atoms with Gasteiger partial charge >= 0.3 is 5.69 Å². The summed E-state index contributed by atoms with van der Waals surface area (Å²) in [5, 5.41) is 1.15. The summed E-state index contributed by atoms with van der Waals surface area (Å²) in [5.41, 5.74) is 2.95. The first-order chi connectivity index (χ1) is 11.7. The molecule has 4 rings (SSSR count). The van der Waals surface area contributed by atoms with Crippen LogP contribution in [0.4, 0.5) is 0 Å². The van der Waals surface area contributed by atoms with Gasteiger partial charge in [0.2, 0.25) is 0 Å². The third kappa shape index (κ3) is 2.80. The van der Waals surface area contributed by atoms with Crippen molar-refractivity contribution in [1.29, 1.82) is 0 Å². The topological polar surface area (TPSA) is 74.0 Å². The van der Waals surface area contributed by atoms with Gasteiger partial charge in [-0.05, 0) is 49.7 Å². The van der Waals surface area contributed by atoms with Crippen LogP contribution in [-0.4, -0.2) is 33.5 Å². The molecular formula is C18H20N4O2. The summed E-state index contributed by atoms with van der Waals surface area (Å²) < 4.78 is 5.29. The third-order valence-electron chi connectivity index (χ3n) is 4.68. The van der Waals surface area contributed by atoms with Gasteiger partial charge in [0.15, 0.2) is 0 Å². The fraction of sp³-hybridized carbons (Fsp3) is 0.333. The van der Waals surface area contributed by atoms with Gasteiger partial charge in [-0.3, -0.25) is 4.90 Å². The van der Waals surface area contributed by atoms with Crippen molar-refractivity contribution in [2.75, 3.05) is 13.7 Å². The van der Waals surface area contributed by atoms with Crippen LogP contribution in [0.1, 0.15) is 30.3 Å². The van der Waals surface area contributed by atoms with E-state index < -0.39 is 0 Å². The summed E-state index contributed by atoms with van der Waals surface area (Å²) in [7, 11) is 1.68. The minimum absolute atomic E-state index is 0.238. The summed E-state index contributed by atoms with van der Waals surface area (Å²) in [6, 6.07) is 10.4. The van der Waals surface area contributed by atoms with Crippen molar-refractivity contribution in [2.24, 2.45) is 0 Å². The zero-order valence-electron chi connectivity index (χ0n) is 13.6. The Kier molecular flexibility index (Phi) is 3.82. The molecule has 2 N–H and O–H groups in total. The average Bonchev–Trinajstić information content (AvgIpc) is 3.20. The van der Waals surface area contributed by atoms with Crippen molar-refractivity contribution in [2.45, 2.75) is 25.4 Å². The number of methoxy groups -OCH3 is 1. The molecule has 0 aliphatic carbocycles. The van der Waals surface area contributed by atoms with E-state index in [1.54, 1.807) is 13.3 Å². The molecule has 0 spiro atoms. The monoisotopic (exact) mass is 324 g/mol. The molecule has 3 aromatic rings. The lowest BCUT2D eigenvalue weighted by Gasteiger charge is -2.23. The number of nitrogens with zero attached hydrogens (tertiary/aromatic N) is 2. The molecule has 0 bridgehead atoms. The van der Waals surface area contributed by atoms with Gasteiger partial charge in [0.05, 0.1) is 13.2 Å². The average molecular weight is 324 g/mol. The molecule has 1 fully saturated rings. The number of rotatable bonds is 4. The second-order valence-corrected chi connectivity index (χ2v) is 6.21. The summed E-state index contributed by atoms with van der Waals surface area (Å²) >= 11 is 0. The van der Waals surface area contributed by atoms with Gasteiger partial charge in [0.25, 0.3) is 0 Å². The first-order valence-corrected chi connectivity index (χ1v) is 8.18. The zero-order chi connectivity index (χ0) is 16.5. The molecule has 1 aromatic carbocycles. The summed E-state index contributed by atoms with van der Waals surface area (Å²) in [6.07, 6.45) is 3.76. The molecule has 1 aliphatic heterocycles. The van der Waals surface area contributed by atoms with Gasteiger partial charge in [0.1, 0.15) is 5.75 Å². The normalized spacial score (nSPS) is 18.3. The number of hydrogen-bond acceptors (Lipinski definition) is 4. The van der Waals surface area contributed by atoms with E-state index in [2.05, 4.69) is 25.9 Å². The van der Waals surface area contributed by atoms with Gasteiger partial charge in [-0.15, -0.1) is 0 Å². The second kappa shape index (κ2) is 6.13. The van der Waals surface area contributed by atoms with Crippen molar-refractivity contribution in [3.63, 3.8) is 0 Å². The maximum Gasteiger partial charge on any atom is 0.345 e. The predicted octanol–water partition coefficient (Wildman–Crippen LogP) is 2.60. The molecule has 0 radical (unpaired) electrons.